The Bertz CT molecular complexity index is 53.0. The van der Waals surface area contributed by atoms with E-state index in [0.717, 1.165) is 38.5 Å². The van der Waals surface area contributed by atoms with Gasteiger partial charge in [-0.15, -0.1) is 0 Å². The van der Waals surface area contributed by atoms with Crippen molar-refractivity contribution >= 4 is 0 Å². The van der Waals surface area contributed by atoms with Crippen LogP contribution in [0.4, 0.5) is 0 Å². The Morgan fingerprint density at radius 1 is 0.562 bits per heavy atom. The molecule has 0 aromatic heterocycles. The zero-order valence-electron chi connectivity index (χ0n) is 11.1. The summed E-state index contributed by atoms with van der Waals surface area (Å²) in [7, 11) is 0. The van der Waals surface area contributed by atoms with Gasteiger partial charge in [-0.2, -0.15) is 0 Å². The van der Waals surface area contributed by atoms with Gasteiger partial charge in [-0.05, 0) is 19.3 Å². The standard InChI is InChI=1S/3C4H10O.Gd/c3*1-2-3-4-5;/h3*5H,2-4H2,1H3;. The van der Waals surface area contributed by atoms with E-state index >= 15 is 0 Å². The summed E-state index contributed by atoms with van der Waals surface area (Å²) in [4.78, 5) is 0. The van der Waals surface area contributed by atoms with Crippen molar-refractivity contribution < 1.29 is 55.3 Å². The first-order valence-electron chi connectivity index (χ1n) is 6.07. The van der Waals surface area contributed by atoms with Gasteiger partial charge >= 0.3 is 0 Å². The molecule has 0 rings (SSSR count). The molecule has 0 saturated heterocycles. The molecule has 0 aliphatic carbocycles. The molecule has 0 amide bonds. The maximum atomic E-state index is 8.07. The van der Waals surface area contributed by atoms with Crippen LogP contribution in [0.2, 0.25) is 0 Å². The van der Waals surface area contributed by atoms with Crippen molar-refractivity contribution in [3.05, 3.63) is 0 Å². The van der Waals surface area contributed by atoms with Gasteiger partial charge in [0.25, 0.3) is 0 Å². The summed E-state index contributed by atoms with van der Waals surface area (Å²) in [6, 6.07) is 0. The molecule has 0 unspecified atom stereocenters. The van der Waals surface area contributed by atoms with Crippen molar-refractivity contribution in [3.8, 4) is 0 Å². The van der Waals surface area contributed by atoms with Crippen LogP contribution in [0, 0.1) is 39.9 Å². The summed E-state index contributed by atoms with van der Waals surface area (Å²) in [6.07, 6.45) is 6.11. The minimum absolute atomic E-state index is 0. The van der Waals surface area contributed by atoms with E-state index in [1.54, 1.807) is 0 Å². The van der Waals surface area contributed by atoms with Crippen LogP contribution in [0.25, 0.3) is 0 Å². The summed E-state index contributed by atoms with van der Waals surface area (Å²) in [6.45, 7) is 7.19. The molecule has 0 spiro atoms. The zero-order chi connectivity index (χ0) is 12.4. The Hall–Kier alpha value is 1.20. The van der Waals surface area contributed by atoms with Crippen molar-refractivity contribution in [2.75, 3.05) is 19.8 Å². The average Bonchev–Trinajstić information content (AvgIpc) is 2.23. The van der Waals surface area contributed by atoms with E-state index in [1.165, 1.54) is 0 Å². The predicted molar refractivity (Wildman–Crippen MR) is 66.0 cm³/mol. The predicted octanol–water partition coefficient (Wildman–Crippen LogP) is 2.34. The third-order valence-electron chi connectivity index (χ3n) is 1.54. The number of hydrogen-bond donors (Lipinski definition) is 3. The maximum absolute atomic E-state index is 8.07. The van der Waals surface area contributed by atoms with E-state index in [1.807, 2.05) is 0 Å². The Morgan fingerprint density at radius 3 is 0.750 bits per heavy atom. The van der Waals surface area contributed by atoms with Crippen LogP contribution in [0.5, 0.6) is 0 Å². The van der Waals surface area contributed by atoms with Gasteiger partial charge in [-0.1, -0.05) is 40.0 Å². The molecule has 16 heavy (non-hydrogen) atoms. The van der Waals surface area contributed by atoms with Gasteiger partial charge in [-0.3, -0.25) is 0 Å². The van der Waals surface area contributed by atoms with Crippen molar-refractivity contribution in [2.45, 2.75) is 59.3 Å². The molecule has 0 aromatic carbocycles. The fourth-order valence-corrected chi connectivity index (χ4v) is 0.474. The van der Waals surface area contributed by atoms with Crippen LogP contribution in [0.15, 0.2) is 0 Å². The van der Waals surface area contributed by atoms with Crippen LogP contribution in [-0.4, -0.2) is 35.1 Å². The van der Waals surface area contributed by atoms with Crippen molar-refractivity contribution in [1.82, 2.24) is 0 Å². The van der Waals surface area contributed by atoms with Crippen LogP contribution in [0.1, 0.15) is 59.3 Å². The minimum Gasteiger partial charge on any atom is -0.396 e. The Balaban J connectivity index is -0.0000000655. The summed E-state index contributed by atoms with van der Waals surface area (Å²) in [5.74, 6) is 0. The number of hydrogen-bond acceptors (Lipinski definition) is 3. The van der Waals surface area contributed by atoms with Gasteiger partial charge in [-0.25, -0.2) is 0 Å². The topological polar surface area (TPSA) is 60.7 Å². The smallest absolute Gasteiger partial charge is 0.0430 e. The van der Waals surface area contributed by atoms with Crippen LogP contribution >= 0.6 is 0 Å². The second kappa shape index (κ2) is 36.0. The SMILES string of the molecule is CCCCO.CCCCO.CCCCO.[Gd]. The second-order valence-electron chi connectivity index (χ2n) is 3.23. The summed E-state index contributed by atoms with van der Waals surface area (Å²) in [5.41, 5.74) is 0. The fraction of sp³-hybridized carbons (Fsp3) is 1.00. The van der Waals surface area contributed by atoms with Gasteiger partial charge in [0.1, 0.15) is 0 Å². The Morgan fingerprint density at radius 2 is 0.750 bits per heavy atom. The normalized spacial score (nSPS) is 7.88. The maximum Gasteiger partial charge on any atom is 0.0430 e. The van der Waals surface area contributed by atoms with Gasteiger partial charge in [0.05, 0.1) is 0 Å². The molecule has 4 heteroatoms. The molecule has 0 heterocycles. The van der Waals surface area contributed by atoms with E-state index in [-0.39, 0.29) is 39.9 Å². The molecule has 104 valence electrons. The fourth-order valence-electron chi connectivity index (χ4n) is 0.474. The molecule has 0 radical (unpaired) electrons. The second-order valence-corrected chi connectivity index (χ2v) is 3.23. The summed E-state index contributed by atoms with van der Waals surface area (Å²) >= 11 is 0. The molecule has 0 atom stereocenters. The van der Waals surface area contributed by atoms with Crippen LogP contribution in [-0.2, 0) is 0 Å². The molecule has 0 bridgehead atoms. The molecule has 3 N–H and O–H groups in total. The van der Waals surface area contributed by atoms with Gasteiger partial charge < -0.3 is 15.3 Å². The molecular weight excluding hydrogens is 349 g/mol. The average molecular weight is 380 g/mol. The van der Waals surface area contributed by atoms with Crippen LogP contribution in [0.3, 0.4) is 0 Å². The van der Waals surface area contributed by atoms with E-state index in [9.17, 15) is 0 Å². The van der Waals surface area contributed by atoms with E-state index in [4.69, 9.17) is 15.3 Å². The Labute approximate surface area is 133 Å². The molecular formula is C12H30GdO3. The number of aliphatic hydroxyl groups is 3. The number of aliphatic hydroxyl groups excluding tert-OH is 3. The van der Waals surface area contributed by atoms with E-state index in [2.05, 4.69) is 20.8 Å². The van der Waals surface area contributed by atoms with Crippen LogP contribution < -0.4 is 0 Å². The first-order chi connectivity index (χ1) is 7.24. The molecule has 0 aliphatic heterocycles. The molecule has 0 aromatic rings. The molecule has 0 fully saturated rings. The molecule has 0 saturated carbocycles. The number of unbranched alkanes of at least 4 members (excludes halogenated alkanes) is 3. The molecule has 0 aliphatic rings. The first kappa shape index (κ1) is 25.9. The minimum atomic E-state index is 0. The van der Waals surface area contributed by atoms with E-state index < -0.39 is 0 Å². The molecule has 3 nitrogen and oxygen atoms in total. The van der Waals surface area contributed by atoms with E-state index in [0.29, 0.717) is 19.8 Å². The first-order valence-corrected chi connectivity index (χ1v) is 6.07. The Kier molecular flexibility index (Phi) is 58.3. The third-order valence-corrected chi connectivity index (χ3v) is 1.54. The van der Waals surface area contributed by atoms with Crippen molar-refractivity contribution in [2.24, 2.45) is 0 Å². The quantitative estimate of drug-likeness (QED) is 0.664. The van der Waals surface area contributed by atoms with Crippen molar-refractivity contribution in [1.29, 1.82) is 0 Å². The summed E-state index contributed by atoms with van der Waals surface area (Å²) in [5, 5.41) is 24.2. The van der Waals surface area contributed by atoms with Crippen molar-refractivity contribution in [3.63, 3.8) is 0 Å². The van der Waals surface area contributed by atoms with Gasteiger partial charge in [0.15, 0.2) is 0 Å². The zero-order valence-corrected chi connectivity index (χ0v) is 13.3. The monoisotopic (exact) mass is 380 g/mol. The third kappa shape index (κ3) is 59.1. The van der Waals surface area contributed by atoms with Gasteiger partial charge in [0.2, 0.25) is 0 Å². The summed E-state index contributed by atoms with van der Waals surface area (Å²) < 4.78 is 0. The van der Waals surface area contributed by atoms with Gasteiger partial charge in [0, 0.05) is 59.8 Å². The largest absolute Gasteiger partial charge is 0.396 e. The number of rotatable bonds is 6.